The van der Waals surface area contributed by atoms with E-state index in [2.05, 4.69) is 0 Å². The van der Waals surface area contributed by atoms with E-state index in [1.54, 1.807) is 0 Å². The second-order valence-electron chi connectivity index (χ2n) is 6.40. The molecule has 2 nitrogen and oxygen atoms in total. The highest BCUT2D eigenvalue weighted by Gasteiger charge is 2.35. The molecule has 1 fully saturated rings. The van der Waals surface area contributed by atoms with Crippen LogP contribution in [0.4, 0.5) is 26.3 Å². The highest BCUT2D eigenvalue weighted by atomic mass is 19.4. The van der Waals surface area contributed by atoms with Crippen LogP contribution in [-0.4, -0.2) is 25.4 Å². The maximum absolute atomic E-state index is 13.8. The lowest BCUT2D eigenvalue weighted by atomic mass is 9.87. The summed E-state index contributed by atoms with van der Waals surface area (Å²) in [7, 11) is 0. The number of nitrogens with one attached hydrogen (secondary N) is 1. The third kappa shape index (κ3) is 7.13. The number of benzene rings is 1. The summed E-state index contributed by atoms with van der Waals surface area (Å²) in [5.41, 5.74) is 0.663. The number of halogens is 6. The smallest absolute Gasteiger partial charge is 0.457 e. The predicted molar refractivity (Wildman–Crippen MR) is 81.2 cm³/mol. The van der Waals surface area contributed by atoms with Gasteiger partial charge in [0.1, 0.15) is 0 Å². The lowest BCUT2D eigenvalue weighted by Crippen LogP contribution is -2.32. The minimum absolute atomic E-state index is 0.0126. The molecule has 0 aromatic heterocycles. The summed E-state index contributed by atoms with van der Waals surface area (Å²) in [5.74, 6) is -3.22. The molecule has 25 heavy (non-hydrogen) atoms. The van der Waals surface area contributed by atoms with Crippen LogP contribution in [0.15, 0.2) is 18.2 Å². The highest BCUT2D eigenvalue weighted by molar-refractivity contribution is 5.30. The van der Waals surface area contributed by atoms with Crippen LogP contribution >= 0.6 is 0 Å². The van der Waals surface area contributed by atoms with Crippen LogP contribution in [0, 0.1) is 11.7 Å². The van der Waals surface area contributed by atoms with Gasteiger partial charge in [0.05, 0.1) is 6.61 Å². The maximum atomic E-state index is 13.8. The van der Waals surface area contributed by atoms with Gasteiger partial charge < -0.3 is 4.74 Å². The van der Waals surface area contributed by atoms with Gasteiger partial charge in [0, 0.05) is 19.4 Å². The molecule has 0 aliphatic heterocycles. The summed E-state index contributed by atoms with van der Waals surface area (Å²) in [6.07, 6.45) is -3.54. The first-order chi connectivity index (χ1) is 11.6. The van der Waals surface area contributed by atoms with Gasteiger partial charge in [-0.25, -0.2) is 18.5 Å². The summed E-state index contributed by atoms with van der Waals surface area (Å²) in [6, 6.07) is 4.16. The topological polar surface area (TPSA) is 21.3 Å². The van der Waals surface area contributed by atoms with Crippen LogP contribution in [-0.2, 0) is 6.42 Å². The molecule has 1 aromatic rings. The van der Waals surface area contributed by atoms with Gasteiger partial charge in [-0.2, -0.15) is 13.2 Å². The second kappa shape index (κ2) is 8.29. The number of ether oxygens (including phenoxy) is 1. The molecular weight excluding hydrogens is 348 g/mol. The van der Waals surface area contributed by atoms with Crippen molar-refractivity contribution < 1.29 is 31.1 Å². The van der Waals surface area contributed by atoms with E-state index in [0.717, 1.165) is 0 Å². The average molecular weight is 369 g/mol. The van der Waals surface area contributed by atoms with Crippen molar-refractivity contribution in [2.75, 3.05) is 13.2 Å². The van der Waals surface area contributed by atoms with Crippen molar-refractivity contribution in [2.24, 2.45) is 5.92 Å². The van der Waals surface area contributed by atoms with Crippen LogP contribution in [0.3, 0.4) is 0 Å². The fourth-order valence-electron chi connectivity index (χ4n) is 2.81. The molecule has 0 heterocycles. The summed E-state index contributed by atoms with van der Waals surface area (Å²) < 4.78 is 81.4. The van der Waals surface area contributed by atoms with Crippen LogP contribution in [0.25, 0.3) is 0 Å². The highest BCUT2D eigenvalue weighted by Crippen LogP contribution is 2.36. The van der Waals surface area contributed by atoms with E-state index < -0.39 is 18.0 Å². The van der Waals surface area contributed by atoms with Crippen LogP contribution < -0.4 is 10.1 Å². The fraction of sp³-hybridized carbons (Fsp3) is 0.647. The third-order valence-corrected chi connectivity index (χ3v) is 4.27. The Hall–Kier alpha value is -1.44. The fourth-order valence-corrected chi connectivity index (χ4v) is 2.81. The largest absolute Gasteiger partial charge is 0.490 e. The van der Waals surface area contributed by atoms with Crippen molar-refractivity contribution in [1.29, 1.82) is 0 Å². The molecule has 1 aromatic carbocycles. The van der Waals surface area contributed by atoms with Gasteiger partial charge in [-0.1, -0.05) is 6.07 Å². The Morgan fingerprint density at radius 2 is 1.84 bits per heavy atom. The molecule has 0 radical (unpaired) electrons. The number of alkyl halides is 5. The van der Waals surface area contributed by atoms with E-state index in [1.807, 2.05) is 0 Å². The van der Waals surface area contributed by atoms with E-state index in [0.29, 0.717) is 24.8 Å². The molecule has 1 N–H and O–H groups in total. The summed E-state index contributed by atoms with van der Waals surface area (Å²) >= 11 is 0. The lowest BCUT2D eigenvalue weighted by Gasteiger charge is -2.28. The van der Waals surface area contributed by atoms with Crippen molar-refractivity contribution in [3.8, 4) is 5.75 Å². The van der Waals surface area contributed by atoms with Crippen LogP contribution in [0.5, 0.6) is 5.75 Å². The zero-order chi connectivity index (χ0) is 18.5. The Kier molecular flexibility index (Phi) is 6.59. The average Bonchev–Trinajstić information content (AvgIpc) is 2.52. The second-order valence-corrected chi connectivity index (χ2v) is 6.40. The molecule has 8 heteroatoms. The van der Waals surface area contributed by atoms with E-state index in [4.69, 9.17) is 4.74 Å². The Bertz CT molecular complexity index is 551. The molecule has 0 atom stereocenters. The Morgan fingerprint density at radius 3 is 2.48 bits per heavy atom. The number of hydrogen-bond acceptors (Lipinski definition) is 2. The molecule has 0 saturated heterocycles. The molecular formula is C17H21F6NO. The first-order valence-electron chi connectivity index (χ1n) is 8.25. The van der Waals surface area contributed by atoms with Gasteiger partial charge in [0.15, 0.2) is 11.6 Å². The zero-order valence-corrected chi connectivity index (χ0v) is 13.6. The Labute approximate surface area is 142 Å². The summed E-state index contributed by atoms with van der Waals surface area (Å²) in [4.78, 5) is 0. The molecule has 1 aliphatic carbocycles. The zero-order valence-electron chi connectivity index (χ0n) is 13.6. The summed E-state index contributed by atoms with van der Waals surface area (Å²) in [6.45, 7) is -0.0700. The molecule has 2 rings (SSSR count). The monoisotopic (exact) mass is 369 g/mol. The standard InChI is InChI=1S/C17H21F6NO/c18-14-4-3-12(2-1-9-24-17(21,22)23)10-15(14)25-11-13-5-7-16(19,20)8-6-13/h3-4,10,13,24H,1-2,5-9,11H2. The van der Waals surface area contributed by atoms with Crippen LogP contribution in [0.1, 0.15) is 37.7 Å². The van der Waals surface area contributed by atoms with Crippen molar-refractivity contribution in [3.05, 3.63) is 29.6 Å². The van der Waals surface area contributed by atoms with Gasteiger partial charge in [-0.15, -0.1) is 0 Å². The normalized spacial score (nSPS) is 18.3. The Morgan fingerprint density at radius 1 is 1.16 bits per heavy atom. The molecule has 0 spiro atoms. The van der Waals surface area contributed by atoms with Gasteiger partial charge in [-0.05, 0) is 49.3 Å². The minimum atomic E-state index is -4.41. The minimum Gasteiger partial charge on any atom is -0.490 e. The third-order valence-electron chi connectivity index (χ3n) is 4.27. The van der Waals surface area contributed by atoms with Gasteiger partial charge in [0.25, 0.3) is 0 Å². The number of aryl methyl sites for hydroxylation is 1. The first-order valence-corrected chi connectivity index (χ1v) is 8.25. The molecule has 0 amide bonds. The van der Waals surface area contributed by atoms with Crippen molar-refractivity contribution in [3.63, 3.8) is 0 Å². The molecule has 0 unspecified atom stereocenters. The van der Waals surface area contributed by atoms with Crippen molar-refractivity contribution in [1.82, 2.24) is 5.32 Å². The molecule has 142 valence electrons. The van der Waals surface area contributed by atoms with Crippen LogP contribution in [0.2, 0.25) is 0 Å². The quantitative estimate of drug-likeness (QED) is 0.412. The SMILES string of the molecule is Fc1ccc(CCCNC(F)(F)F)cc1OCC1CCC(F)(F)CC1. The van der Waals surface area contributed by atoms with Crippen molar-refractivity contribution in [2.45, 2.75) is 50.7 Å². The number of rotatable bonds is 7. The first kappa shape index (κ1) is 19.9. The van der Waals surface area contributed by atoms with E-state index in [9.17, 15) is 26.3 Å². The van der Waals surface area contributed by atoms with E-state index in [-0.39, 0.29) is 44.1 Å². The van der Waals surface area contributed by atoms with Gasteiger partial charge in [0.2, 0.25) is 5.92 Å². The molecule has 0 bridgehead atoms. The Balaban J connectivity index is 1.80. The molecule has 1 aliphatic rings. The maximum Gasteiger partial charge on any atom is 0.457 e. The van der Waals surface area contributed by atoms with Gasteiger partial charge >= 0.3 is 6.30 Å². The van der Waals surface area contributed by atoms with E-state index >= 15 is 0 Å². The predicted octanol–water partition coefficient (Wildman–Crippen LogP) is 5.07. The lowest BCUT2D eigenvalue weighted by molar-refractivity contribution is -0.156. The van der Waals surface area contributed by atoms with E-state index in [1.165, 1.54) is 23.5 Å². The van der Waals surface area contributed by atoms with Gasteiger partial charge in [-0.3, -0.25) is 0 Å². The summed E-state index contributed by atoms with van der Waals surface area (Å²) in [5, 5.41) is 1.43. The van der Waals surface area contributed by atoms with Crippen molar-refractivity contribution >= 4 is 0 Å². The number of hydrogen-bond donors (Lipinski definition) is 1. The molecule has 1 saturated carbocycles.